The fourth-order valence-corrected chi connectivity index (χ4v) is 2.39. The van der Waals surface area contributed by atoms with Crippen molar-refractivity contribution in [1.29, 1.82) is 0 Å². The predicted octanol–water partition coefficient (Wildman–Crippen LogP) is 3.36. The number of benzene rings is 2. The van der Waals surface area contributed by atoms with E-state index in [0.717, 1.165) is 22.2 Å². The van der Waals surface area contributed by atoms with Gasteiger partial charge in [0, 0.05) is 29.4 Å². The van der Waals surface area contributed by atoms with E-state index >= 15 is 0 Å². The molecule has 0 amide bonds. The predicted molar refractivity (Wildman–Crippen MR) is 88.1 cm³/mol. The normalized spacial score (nSPS) is 10.7. The molecule has 5 heteroatoms. The van der Waals surface area contributed by atoms with Crippen molar-refractivity contribution in [2.45, 2.75) is 6.54 Å². The molecule has 0 aliphatic carbocycles. The van der Waals surface area contributed by atoms with Crippen LogP contribution in [0.25, 0.3) is 10.9 Å². The lowest BCUT2D eigenvalue weighted by Gasteiger charge is -2.10. The highest BCUT2D eigenvalue weighted by atomic mass is 19.1. The molecule has 0 bridgehead atoms. The van der Waals surface area contributed by atoms with Crippen LogP contribution in [0, 0.1) is 5.82 Å². The van der Waals surface area contributed by atoms with E-state index in [1.807, 2.05) is 30.3 Å². The number of pyridine rings is 1. The molecule has 118 valence electrons. The second-order valence-electron chi connectivity index (χ2n) is 5.09. The molecule has 3 rings (SSSR count). The zero-order valence-corrected chi connectivity index (χ0v) is 12.5. The van der Waals surface area contributed by atoms with Gasteiger partial charge in [-0.05, 0) is 42.5 Å². The van der Waals surface area contributed by atoms with Gasteiger partial charge in [-0.2, -0.15) is 0 Å². The number of nitrogens with one attached hydrogen (secondary N) is 1. The highest BCUT2D eigenvalue weighted by Gasteiger charge is 2.05. The van der Waals surface area contributed by atoms with E-state index in [0.29, 0.717) is 12.3 Å². The number of ether oxygens (including phenoxy) is 1. The lowest BCUT2D eigenvalue weighted by molar-refractivity contribution is 0.201. The maximum atomic E-state index is 13.7. The molecule has 1 aromatic heterocycles. The molecule has 0 saturated carbocycles. The van der Waals surface area contributed by atoms with Crippen LogP contribution in [0.1, 0.15) is 5.56 Å². The molecule has 0 radical (unpaired) electrons. The second-order valence-corrected chi connectivity index (χ2v) is 5.09. The Morgan fingerprint density at radius 2 is 1.96 bits per heavy atom. The number of halogens is 1. The van der Waals surface area contributed by atoms with Gasteiger partial charge in [-0.15, -0.1) is 0 Å². The molecule has 0 saturated heterocycles. The highest BCUT2D eigenvalue weighted by molar-refractivity contribution is 5.81. The summed E-state index contributed by atoms with van der Waals surface area (Å²) in [5, 5.41) is 12.8. The summed E-state index contributed by atoms with van der Waals surface area (Å²) < 4.78 is 19.0. The molecule has 0 aliphatic heterocycles. The van der Waals surface area contributed by atoms with Crippen LogP contribution in [0.4, 0.5) is 10.1 Å². The molecule has 0 aliphatic rings. The molecule has 3 aromatic rings. The Labute approximate surface area is 133 Å². The topological polar surface area (TPSA) is 54.4 Å². The van der Waals surface area contributed by atoms with Crippen LogP contribution >= 0.6 is 0 Å². The van der Waals surface area contributed by atoms with Gasteiger partial charge in [0.1, 0.15) is 18.2 Å². The maximum Gasteiger partial charge on any atom is 0.124 e. The van der Waals surface area contributed by atoms with Gasteiger partial charge in [-0.25, -0.2) is 4.39 Å². The van der Waals surface area contributed by atoms with Gasteiger partial charge < -0.3 is 15.2 Å². The summed E-state index contributed by atoms with van der Waals surface area (Å²) in [7, 11) is 0. The summed E-state index contributed by atoms with van der Waals surface area (Å²) in [6.45, 7) is 0.732. The first kappa shape index (κ1) is 15.2. The monoisotopic (exact) mass is 312 g/mol. The number of anilines is 1. The Bertz CT molecular complexity index is 791. The molecule has 4 nitrogen and oxygen atoms in total. The van der Waals surface area contributed by atoms with Crippen molar-refractivity contribution in [2.24, 2.45) is 0 Å². The van der Waals surface area contributed by atoms with Crippen molar-refractivity contribution in [2.75, 3.05) is 18.5 Å². The number of aliphatic hydroxyl groups is 1. The van der Waals surface area contributed by atoms with Gasteiger partial charge in [0.2, 0.25) is 0 Å². The summed E-state index contributed by atoms with van der Waals surface area (Å²) in [5.74, 6) is 0.428. The van der Waals surface area contributed by atoms with E-state index in [1.165, 1.54) is 12.1 Å². The van der Waals surface area contributed by atoms with Gasteiger partial charge in [-0.1, -0.05) is 6.07 Å². The molecule has 0 fully saturated rings. The summed E-state index contributed by atoms with van der Waals surface area (Å²) in [5.41, 5.74) is 2.50. The van der Waals surface area contributed by atoms with Crippen LogP contribution in [0.5, 0.6) is 5.75 Å². The minimum absolute atomic E-state index is 0.0142. The van der Waals surface area contributed by atoms with Gasteiger partial charge in [0.25, 0.3) is 0 Å². The lowest BCUT2D eigenvalue weighted by atomic mass is 10.1. The lowest BCUT2D eigenvalue weighted by Crippen LogP contribution is -2.03. The van der Waals surface area contributed by atoms with E-state index in [1.54, 1.807) is 12.3 Å². The summed E-state index contributed by atoms with van der Waals surface area (Å²) >= 11 is 0. The van der Waals surface area contributed by atoms with Crippen molar-refractivity contribution in [1.82, 2.24) is 4.98 Å². The van der Waals surface area contributed by atoms with Crippen LogP contribution < -0.4 is 10.1 Å². The number of fused-ring (bicyclic) bond motifs is 1. The number of aliphatic hydroxyl groups excluding tert-OH is 1. The molecular weight excluding hydrogens is 295 g/mol. The fraction of sp³-hybridized carbons (Fsp3) is 0.167. The third-order valence-electron chi connectivity index (χ3n) is 3.45. The van der Waals surface area contributed by atoms with Crippen molar-refractivity contribution in [3.8, 4) is 5.75 Å². The van der Waals surface area contributed by atoms with Crippen molar-refractivity contribution in [3.63, 3.8) is 0 Å². The zero-order valence-electron chi connectivity index (χ0n) is 12.5. The molecule has 2 N–H and O–H groups in total. The molecular formula is C18H17FN2O2. The molecule has 0 spiro atoms. The van der Waals surface area contributed by atoms with Crippen molar-refractivity contribution < 1.29 is 14.2 Å². The van der Waals surface area contributed by atoms with E-state index < -0.39 is 0 Å². The Morgan fingerprint density at radius 3 is 2.74 bits per heavy atom. The zero-order chi connectivity index (χ0) is 16.1. The van der Waals surface area contributed by atoms with Crippen LogP contribution in [-0.4, -0.2) is 23.3 Å². The Morgan fingerprint density at radius 1 is 1.13 bits per heavy atom. The number of rotatable bonds is 6. The Balaban J connectivity index is 1.73. The first-order chi connectivity index (χ1) is 11.3. The Kier molecular flexibility index (Phi) is 4.68. The molecule has 2 aromatic carbocycles. The number of hydrogen-bond donors (Lipinski definition) is 2. The first-order valence-electron chi connectivity index (χ1n) is 7.37. The van der Waals surface area contributed by atoms with Gasteiger partial charge >= 0.3 is 0 Å². The maximum absolute atomic E-state index is 13.7. The number of hydrogen-bond acceptors (Lipinski definition) is 4. The summed E-state index contributed by atoms with van der Waals surface area (Å²) in [6, 6.07) is 14.0. The third-order valence-corrected chi connectivity index (χ3v) is 3.45. The van der Waals surface area contributed by atoms with Crippen LogP contribution in [0.15, 0.2) is 54.7 Å². The van der Waals surface area contributed by atoms with E-state index in [4.69, 9.17) is 9.84 Å². The van der Waals surface area contributed by atoms with Gasteiger partial charge in [-0.3, -0.25) is 4.98 Å². The molecule has 23 heavy (non-hydrogen) atoms. The smallest absolute Gasteiger partial charge is 0.124 e. The quantitative estimate of drug-likeness (QED) is 0.733. The number of aromatic nitrogens is 1. The summed E-state index contributed by atoms with van der Waals surface area (Å²) in [4.78, 5) is 4.33. The van der Waals surface area contributed by atoms with Gasteiger partial charge in [0.15, 0.2) is 0 Å². The van der Waals surface area contributed by atoms with Crippen LogP contribution in [-0.2, 0) is 6.54 Å². The second kappa shape index (κ2) is 7.07. The van der Waals surface area contributed by atoms with Gasteiger partial charge in [0.05, 0.1) is 12.1 Å². The van der Waals surface area contributed by atoms with E-state index in [-0.39, 0.29) is 19.0 Å². The minimum atomic E-state index is -0.268. The largest absolute Gasteiger partial charge is 0.491 e. The molecule has 1 heterocycles. The molecule has 0 atom stereocenters. The minimum Gasteiger partial charge on any atom is -0.491 e. The average Bonchev–Trinajstić information content (AvgIpc) is 2.58. The highest BCUT2D eigenvalue weighted by Crippen LogP contribution is 2.21. The number of nitrogens with zero attached hydrogens (tertiary/aromatic N) is 1. The molecule has 0 unspecified atom stereocenters. The van der Waals surface area contributed by atoms with E-state index in [2.05, 4.69) is 10.3 Å². The summed E-state index contributed by atoms with van der Waals surface area (Å²) in [6.07, 6.45) is 1.71. The van der Waals surface area contributed by atoms with Crippen molar-refractivity contribution in [3.05, 3.63) is 66.1 Å². The van der Waals surface area contributed by atoms with E-state index in [9.17, 15) is 4.39 Å². The van der Waals surface area contributed by atoms with Crippen LogP contribution in [0.2, 0.25) is 0 Å². The van der Waals surface area contributed by atoms with Crippen molar-refractivity contribution >= 4 is 16.6 Å². The average molecular weight is 312 g/mol. The van der Waals surface area contributed by atoms with Crippen LogP contribution in [0.3, 0.4) is 0 Å². The SMILES string of the molecule is OCCOc1ccc(NCc2cc(F)cc3cccnc23)cc1. The standard InChI is InChI=1S/C18H17FN2O2/c19-15-10-13-2-1-7-20-18(13)14(11-15)12-21-16-3-5-17(6-4-16)23-9-8-22/h1-7,10-11,21-22H,8-9,12H2. The first-order valence-corrected chi connectivity index (χ1v) is 7.37. The fourth-order valence-electron chi connectivity index (χ4n) is 2.39. The third kappa shape index (κ3) is 3.76. The Hall–Kier alpha value is -2.66.